The van der Waals surface area contributed by atoms with Crippen molar-refractivity contribution < 1.29 is 9.59 Å². The van der Waals surface area contributed by atoms with Crippen molar-refractivity contribution in [3.8, 4) is 0 Å². The van der Waals surface area contributed by atoms with Gasteiger partial charge >= 0.3 is 0 Å². The van der Waals surface area contributed by atoms with Gasteiger partial charge in [-0.3, -0.25) is 9.59 Å². The second-order valence-corrected chi connectivity index (χ2v) is 5.08. The van der Waals surface area contributed by atoms with E-state index in [-0.39, 0.29) is 17.9 Å². The Morgan fingerprint density at radius 3 is 2.50 bits per heavy atom. The SMILES string of the molecule is CNC(=O)C1CNCCN1C(=O)C(C)(C)C. The summed E-state index contributed by atoms with van der Waals surface area (Å²) in [7, 11) is 1.59. The molecule has 1 rings (SSSR count). The van der Waals surface area contributed by atoms with E-state index in [1.54, 1.807) is 11.9 Å². The smallest absolute Gasteiger partial charge is 0.243 e. The number of carbonyl (C=O) groups excluding carboxylic acids is 2. The molecule has 1 fully saturated rings. The molecule has 1 saturated heterocycles. The summed E-state index contributed by atoms with van der Waals surface area (Å²) in [5.74, 6) is -0.0765. The summed E-state index contributed by atoms with van der Waals surface area (Å²) in [6, 6.07) is -0.384. The average molecular weight is 227 g/mol. The number of amides is 2. The van der Waals surface area contributed by atoms with Crippen molar-refractivity contribution in [3.63, 3.8) is 0 Å². The molecule has 0 spiro atoms. The molecule has 0 saturated carbocycles. The van der Waals surface area contributed by atoms with Gasteiger partial charge in [-0.2, -0.15) is 0 Å². The molecule has 0 radical (unpaired) electrons. The number of rotatable bonds is 1. The zero-order valence-corrected chi connectivity index (χ0v) is 10.5. The lowest BCUT2D eigenvalue weighted by Crippen LogP contribution is -2.61. The van der Waals surface area contributed by atoms with Gasteiger partial charge in [0.2, 0.25) is 11.8 Å². The normalized spacial score (nSPS) is 21.8. The van der Waals surface area contributed by atoms with Gasteiger partial charge in [0.15, 0.2) is 0 Å². The first-order valence-corrected chi connectivity index (χ1v) is 5.61. The number of piperazine rings is 1. The summed E-state index contributed by atoms with van der Waals surface area (Å²) in [5.41, 5.74) is -0.441. The van der Waals surface area contributed by atoms with Crippen molar-refractivity contribution in [1.82, 2.24) is 15.5 Å². The average Bonchev–Trinajstić information content (AvgIpc) is 2.25. The molecule has 2 N–H and O–H groups in total. The number of likely N-dealkylation sites (N-methyl/N-ethyl adjacent to an activating group) is 1. The number of nitrogens with zero attached hydrogens (tertiary/aromatic N) is 1. The Balaban J connectivity index is 2.82. The highest BCUT2D eigenvalue weighted by Crippen LogP contribution is 2.19. The summed E-state index contributed by atoms with van der Waals surface area (Å²) < 4.78 is 0. The molecular weight excluding hydrogens is 206 g/mol. The number of hydrogen-bond acceptors (Lipinski definition) is 3. The van der Waals surface area contributed by atoms with Crippen LogP contribution in [0.1, 0.15) is 20.8 Å². The van der Waals surface area contributed by atoms with Crippen LogP contribution in [0.4, 0.5) is 0 Å². The minimum Gasteiger partial charge on any atom is -0.357 e. The molecule has 0 bridgehead atoms. The molecule has 1 heterocycles. The van der Waals surface area contributed by atoms with Gasteiger partial charge in [-0.05, 0) is 0 Å². The highest BCUT2D eigenvalue weighted by Gasteiger charge is 2.36. The van der Waals surface area contributed by atoms with Gasteiger partial charge < -0.3 is 15.5 Å². The van der Waals surface area contributed by atoms with Gasteiger partial charge in [-0.15, -0.1) is 0 Å². The maximum absolute atomic E-state index is 12.2. The van der Waals surface area contributed by atoms with Crippen LogP contribution in [0, 0.1) is 5.41 Å². The Morgan fingerprint density at radius 1 is 1.38 bits per heavy atom. The van der Waals surface area contributed by atoms with Gasteiger partial charge in [0.1, 0.15) is 6.04 Å². The van der Waals surface area contributed by atoms with Crippen LogP contribution < -0.4 is 10.6 Å². The predicted octanol–water partition coefficient (Wildman–Crippen LogP) is -0.421. The van der Waals surface area contributed by atoms with E-state index in [1.165, 1.54) is 0 Å². The lowest BCUT2D eigenvalue weighted by molar-refractivity contribution is -0.147. The van der Waals surface area contributed by atoms with Crippen LogP contribution >= 0.6 is 0 Å². The third kappa shape index (κ3) is 2.72. The van der Waals surface area contributed by atoms with E-state index in [2.05, 4.69) is 10.6 Å². The van der Waals surface area contributed by atoms with Crippen LogP contribution in [0.15, 0.2) is 0 Å². The molecule has 92 valence electrons. The van der Waals surface area contributed by atoms with Crippen LogP contribution in [0.2, 0.25) is 0 Å². The molecule has 1 aliphatic heterocycles. The first kappa shape index (κ1) is 13.0. The van der Waals surface area contributed by atoms with Crippen molar-refractivity contribution in [3.05, 3.63) is 0 Å². The van der Waals surface area contributed by atoms with Crippen LogP contribution in [0.25, 0.3) is 0 Å². The Kier molecular flexibility index (Phi) is 3.91. The van der Waals surface area contributed by atoms with Gasteiger partial charge in [0, 0.05) is 32.1 Å². The Labute approximate surface area is 96.6 Å². The van der Waals surface area contributed by atoms with Gasteiger partial charge in [0.25, 0.3) is 0 Å². The number of hydrogen-bond donors (Lipinski definition) is 2. The summed E-state index contributed by atoms with van der Waals surface area (Å²) in [4.78, 5) is 25.5. The topological polar surface area (TPSA) is 61.4 Å². The number of nitrogens with one attached hydrogen (secondary N) is 2. The van der Waals surface area contributed by atoms with Gasteiger partial charge in [-0.25, -0.2) is 0 Å². The Hall–Kier alpha value is -1.10. The molecule has 0 aliphatic carbocycles. The predicted molar refractivity (Wildman–Crippen MR) is 61.9 cm³/mol. The molecule has 5 heteroatoms. The fraction of sp³-hybridized carbons (Fsp3) is 0.818. The van der Waals surface area contributed by atoms with Crippen molar-refractivity contribution in [2.75, 3.05) is 26.7 Å². The van der Waals surface area contributed by atoms with E-state index >= 15 is 0 Å². The van der Waals surface area contributed by atoms with Crippen molar-refractivity contribution in [2.24, 2.45) is 5.41 Å². The monoisotopic (exact) mass is 227 g/mol. The first-order valence-electron chi connectivity index (χ1n) is 5.61. The Morgan fingerprint density at radius 2 is 2.00 bits per heavy atom. The first-order chi connectivity index (χ1) is 7.38. The largest absolute Gasteiger partial charge is 0.357 e. The fourth-order valence-corrected chi connectivity index (χ4v) is 1.78. The highest BCUT2D eigenvalue weighted by atomic mass is 16.2. The summed E-state index contributed by atoms with van der Waals surface area (Å²) in [5, 5.41) is 5.73. The second kappa shape index (κ2) is 4.82. The maximum atomic E-state index is 12.2. The molecule has 1 aliphatic rings. The zero-order chi connectivity index (χ0) is 12.3. The summed E-state index contributed by atoms with van der Waals surface area (Å²) >= 11 is 0. The quantitative estimate of drug-likeness (QED) is 0.639. The van der Waals surface area contributed by atoms with Crippen molar-refractivity contribution in [1.29, 1.82) is 0 Å². The second-order valence-electron chi connectivity index (χ2n) is 5.08. The van der Waals surface area contributed by atoms with Gasteiger partial charge in [0.05, 0.1) is 0 Å². The van der Waals surface area contributed by atoms with E-state index in [0.717, 1.165) is 6.54 Å². The molecule has 0 aromatic rings. The third-order valence-corrected chi connectivity index (χ3v) is 2.69. The van der Waals surface area contributed by atoms with E-state index in [9.17, 15) is 9.59 Å². The molecule has 0 aromatic carbocycles. The number of carbonyl (C=O) groups is 2. The van der Waals surface area contributed by atoms with Crippen molar-refractivity contribution >= 4 is 11.8 Å². The van der Waals surface area contributed by atoms with Crippen LogP contribution in [-0.4, -0.2) is 49.4 Å². The highest BCUT2D eigenvalue weighted by molar-refractivity contribution is 5.90. The molecule has 5 nitrogen and oxygen atoms in total. The minimum atomic E-state index is -0.441. The maximum Gasteiger partial charge on any atom is 0.243 e. The van der Waals surface area contributed by atoms with Gasteiger partial charge in [-0.1, -0.05) is 20.8 Å². The van der Waals surface area contributed by atoms with Crippen LogP contribution in [0.3, 0.4) is 0 Å². The standard InChI is InChI=1S/C11H21N3O2/c1-11(2,3)10(16)14-6-5-13-7-8(14)9(15)12-4/h8,13H,5-7H2,1-4H3,(H,12,15). The van der Waals surface area contributed by atoms with Crippen molar-refractivity contribution in [2.45, 2.75) is 26.8 Å². The van der Waals surface area contributed by atoms with E-state index in [0.29, 0.717) is 13.1 Å². The van der Waals surface area contributed by atoms with Crippen LogP contribution in [0.5, 0.6) is 0 Å². The van der Waals surface area contributed by atoms with E-state index in [4.69, 9.17) is 0 Å². The van der Waals surface area contributed by atoms with Crippen LogP contribution in [-0.2, 0) is 9.59 Å². The van der Waals surface area contributed by atoms with E-state index in [1.807, 2.05) is 20.8 Å². The zero-order valence-electron chi connectivity index (χ0n) is 10.5. The molecular formula is C11H21N3O2. The molecule has 1 unspecified atom stereocenters. The molecule has 1 atom stereocenters. The van der Waals surface area contributed by atoms with E-state index < -0.39 is 5.41 Å². The molecule has 16 heavy (non-hydrogen) atoms. The molecule has 2 amide bonds. The third-order valence-electron chi connectivity index (χ3n) is 2.69. The molecule has 0 aromatic heterocycles. The summed E-state index contributed by atoms with van der Waals surface area (Å²) in [6.45, 7) is 7.49. The fourth-order valence-electron chi connectivity index (χ4n) is 1.78. The lowest BCUT2D eigenvalue weighted by atomic mass is 9.93. The minimum absolute atomic E-state index is 0.0302. The lowest BCUT2D eigenvalue weighted by Gasteiger charge is -2.38. The Bertz CT molecular complexity index is 283. The summed E-state index contributed by atoms with van der Waals surface area (Å²) in [6.07, 6.45) is 0.